The Morgan fingerprint density at radius 3 is 2.63 bits per heavy atom. The third kappa shape index (κ3) is 4.19. The van der Waals surface area contributed by atoms with Crippen LogP contribution in [-0.4, -0.2) is 17.7 Å². The molecule has 6 heteroatoms. The highest BCUT2D eigenvalue weighted by Gasteiger charge is 2.20. The average Bonchev–Trinajstić information content (AvgIpc) is 3.46. The van der Waals surface area contributed by atoms with E-state index in [4.69, 9.17) is 13.7 Å². The second kappa shape index (κ2) is 9.14. The van der Waals surface area contributed by atoms with Gasteiger partial charge < -0.3 is 19.0 Å². The Morgan fingerprint density at radius 2 is 1.86 bits per heavy atom. The summed E-state index contributed by atoms with van der Waals surface area (Å²) in [6.45, 7) is 8.09. The van der Waals surface area contributed by atoms with Gasteiger partial charge in [0.1, 0.15) is 17.1 Å². The number of anilines is 1. The molecule has 0 aliphatic rings. The molecule has 0 radical (unpaired) electrons. The van der Waals surface area contributed by atoms with E-state index in [1.54, 1.807) is 25.3 Å². The standard InChI is InChI=1S/C29H26N2O4/c1-5-33-28-19(4)29-24(15-23(28)17(2)13-27(32)30-26-14-18(3)35-31-26)25(16-34-29)22-12-8-10-20-9-6-7-11-21(20)22/h6-16H,5H2,1-4H3,(H,30,31,32)/b17-13+. The van der Waals surface area contributed by atoms with Crippen LogP contribution in [0.5, 0.6) is 5.75 Å². The summed E-state index contributed by atoms with van der Waals surface area (Å²) in [6, 6.07) is 18.3. The number of aryl methyl sites for hydroxylation is 2. The van der Waals surface area contributed by atoms with Crippen molar-refractivity contribution in [2.24, 2.45) is 0 Å². The fourth-order valence-corrected chi connectivity index (χ4v) is 4.47. The normalized spacial score (nSPS) is 11.8. The molecule has 2 aromatic heterocycles. The number of furan rings is 1. The van der Waals surface area contributed by atoms with Gasteiger partial charge in [0.2, 0.25) is 5.91 Å². The number of carbonyl (C=O) groups is 1. The van der Waals surface area contributed by atoms with E-state index < -0.39 is 0 Å². The van der Waals surface area contributed by atoms with Crippen molar-refractivity contribution in [2.45, 2.75) is 27.7 Å². The first kappa shape index (κ1) is 22.5. The molecule has 35 heavy (non-hydrogen) atoms. The summed E-state index contributed by atoms with van der Waals surface area (Å²) in [4.78, 5) is 12.7. The van der Waals surface area contributed by atoms with E-state index in [0.29, 0.717) is 23.9 Å². The van der Waals surface area contributed by atoms with Crippen LogP contribution in [-0.2, 0) is 4.79 Å². The number of benzene rings is 3. The molecule has 176 valence electrons. The number of rotatable bonds is 6. The highest BCUT2D eigenvalue weighted by Crippen LogP contribution is 2.42. The van der Waals surface area contributed by atoms with Crippen molar-refractivity contribution in [1.29, 1.82) is 0 Å². The van der Waals surface area contributed by atoms with E-state index >= 15 is 0 Å². The van der Waals surface area contributed by atoms with Gasteiger partial charge in [-0.15, -0.1) is 0 Å². The Labute approximate surface area is 203 Å². The summed E-state index contributed by atoms with van der Waals surface area (Å²) in [6.07, 6.45) is 3.35. The number of allylic oxidation sites excluding steroid dienone is 1. The molecule has 0 aliphatic carbocycles. The Morgan fingerprint density at radius 1 is 1.06 bits per heavy atom. The first-order valence-corrected chi connectivity index (χ1v) is 11.5. The molecule has 5 rings (SSSR count). The lowest BCUT2D eigenvalue weighted by molar-refractivity contribution is -0.111. The molecule has 0 fully saturated rings. The number of ether oxygens (including phenoxy) is 1. The van der Waals surface area contributed by atoms with Gasteiger partial charge in [-0.2, -0.15) is 0 Å². The molecule has 5 aromatic rings. The fraction of sp³-hybridized carbons (Fsp3) is 0.172. The average molecular weight is 467 g/mol. The first-order valence-electron chi connectivity index (χ1n) is 11.5. The topological polar surface area (TPSA) is 77.5 Å². The number of nitrogens with one attached hydrogen (secondary N) is 1. The van der Waals surface area contributed by atoms with Crippen LogP contribution in [0.2, 0.25) is 0 Å². The Balaban J connectivity index is 1.64. The van der Waals surface area contributed by atoms with E-state index in [9.17, 15) is 4.79 Å². The lowest BCUT2D eigenvalue weighted by atomic mass is 9.94. The van der Waals surface area contributed by atoms with Crippen LogP contribution in [0.3, 0.4) is 0 Å². The lowest BCUT2D eigenvalue weighted by Gasteiger charge is -2.15. The molecule has 0 unspecified atom stereocenters. The molecule has 2 heterocycles. The molecule has 0 spiro atoms. The van der Waals surface area contributed by atoms with Crippen molar-refractivity contribution in [3.05, 3.63) is 83.8 Å². The minimum absolute atomic E-state index is 0.294. The van der Waals surface area contributed by atoms with Crippen LogP contribution in [0.15, 0.2) is 75.9 Å². The summed E-state index contributed by atoms with van der Waals surface area (Å²) in [7, 11) is 0. The van der Waals surface area contributed by atoms with Gasteiger partial charge >= 0.3 is 0 Å². The predicted octanol–water partition coefficient (Wildman–Crippen LogP) is 7.30. The van der Waals surface area contributed by atoms with Gasteiger partial charge in [0.05, 0.1) is 12.9 Å². The number of hydrogen-bond acceptors (Lipinski definition) is 5. The Kier molecular flexibility index (Phi) is 5.87. The zero-order valence-corrected chi connectivity index (χ0v) is 20.1. The maximum absolute atomic E-state index is 12.7. The lowest BCUT2D eigenvalue weighted by Crippen LogP contribution is -2.09. The summed E-state index contributed by atoms with van der Waals surface area (Å²) < 4.78 is 17.1. The van der Waals surface area contributed by atoms with Gasteiger partial charge in [-0.25, -0.2) is 0 Å². The Hall–Kier alpha value is -4.32. The van der Waals surface area contributed by atoms with Crippen molar-refractivity contribution >= 4 is 39.0 Å². The molecule has 3 aromatic carbocycles. The third-order valence-electron chi connectivity index (χ3n) is 6.06. The molecule has 0 saturated carbocycles. The summed E-state index contributed by atoms with van der Waals surface area (Å²) in [5, 5.41) is 9.86. The SMILES string of the molecule is CCOc1c(/C(C)=C/C(=O)Nc2cc(C)on2)cc2c(-c3cccc4ccccc34)coc2c1C. The highest BCUT2D eigenvalue weighted by atomic mass is 16.5. The van der Waals surface area contributed by atoms with Gasteiger partial charge in [-0.3, -0.25) is 4.79 Å². The van der Waals surface area contributed by atoms with Crippen molar-refractivity contribution in [3.8, 4) is 16.9 Å². The van der Waals surface area contributed by atoms with Crippen LogP contribution in [0.1, 0.15) is 30.7 Å². The minimum Gasteiger partial charge on any atom is -0.493 e. The molecule has 1 N–H and O–H groups in total. The van der Waals surface area contributed by atoms with Crippen LogP contribution >= 0.6 is 0 Å². The fourth-order valence-electron chi connectivity index (χ4n) is 4.47. The quantitative estimate of drug-likeness (QED) is 0.266. The van der Waals surface area contributed by atoms with Crippen LogP contribution < -0.4 is 10.1 Å². The molecular formula is C29H26N2O4. The number of carbonyl (C=O) groups excluding carboxylic acids is 1. The second-order valence-corrected chi connectivity index (χ2v) is 8.50. The van der Waals surface area contributed by atoms with Gasteiger partial charge in [0.15, 0.2) is 5.82 Å². The zero-order valence-electron chi connectivity index (χ0n) is 20.1. The molecule has 1 amide bonds. The van der Waals surface area contributed by atoms with Crippen LogP contribution in [0, 0.1) is 13.8 Å². The maximum atomic E-state index is 12.7. The summed E-state index contributed by atoms with van der Waals surface area (Å²) in [5.41, 5.74) is 5.37. The van der Waals surface area contributed by atoms with Gasteiger partial charge in [-0.05, 0) is 55.7 Å². The number of fused-ring (bicyclic) bond motifs is 2. The van der Waals surface area contributed by atoms with Crippen LogP contribution in [0.4, 0.5) is 5.82 Å². The van der Waals surface area contributed by atoms with E-state index in [1.807, 2.05) is 39.0 Å². The second-order valence-electron chi connectivity index (χ2n) is 8.50. The van der Waals surface area contributed by atoms with E-state index in [1.165, 1.54) is 0 Å². The van der Waals surface area contributed by atoms with Gasteiger partial charge in [0, 0.05) is 34.2 Å². The maximum Gasteiger partial charge on any atom is 0.249 e. The van der Waals surface area contributed by atoms with Crippen LogP contribution in [0.25, 0.3) is 38.4 Å². The molecule has 0 saturated heterocycles. The van der Waals surface area contributed by atoms with E-state index in [2.05, 4.69) is 40.8 Å². The smallest absolute Gasteiger partial charge is 0.249 e. The first-order chi connectivity index (χ1) is 17.0. The van der Waals surface area contributed by atoms with Crippen molar-refractivity contribution in [2.75, 3.05) is 11.9 Å². The van der Waals surface area contributed by atoms with Gasteiger partial charge in [-0.1, -0.05) is 47.6 Å². The highest BCUT2D eigenvalue weighted by molar-refractivity contribution is 6.08. The minimum atomic E-state index is -0.294. The number of nitrogens with zero attached hydrogens (tertiary/aromatic N) is 1. The largest absolute Gasteiger partial charge is 0.493 e. The molecular weight excluding hydrogens is 440 g/mol. The van der Waals surface area contributed by atoms with Crippen molar-refractivity contribution in [1.82, 2.24) is 5.16 Å². The molecule has 6 nitrogen and oxygen atoms in total. The third-order valence-corrected chi connectivity index (χ3v) is 6.06. The van der Waals surface area contributed by atoms with Gasteiger partial charge in [0.25, 0.3) is 0 Å². The van der Waals surface area contributed by atoms with E-state index in [0.717, 1.165) is 49.6 Å². The monoisotopic (exact) mass is 466 g/mol. The number of hydrogen-bond donors (Lipinski definition) is 1. The van der Waals surface area contributed by atoms with Crippen molar-refractivity contribution in [3.63, 3.8) is 0 Å². The van der Waals surface area contributed by atoms with E-state index in [-0.39, 0.29) is 5.91 Å². The summed E-state index contributed by atoms with van der Waals surface area (Å²) in [5.74, 6) is 1.41. The molecule has 0 atom stereocenters. The molecule has 0 aliphatic heterocycles. The molecule has 0 bridgehead atoms. The number of aromatic nitrogens is 1. The predicted molar refractivity (Wildman–Crippen MR) is 139 cm³/mol. The van der Waals surface area contributed by atoms with Crippen molar-refractivity contribution < 1.29 is 18.5 Å². The zero-order chi connectivity index (χ0) is 24.5. The summed E-state index contributed by atoms with van der Waals surface area (Å²) >= 11 is 0. The number of amides is 1. The Bertz CT molecular complexity index is 1580.